The van der Waals surface area contributed by atoms with Gasteiger partial charge in [0.15, 0.2) is 12.3 Å². The average Bonchev–Trinajstić information content (AvgIpc) is 3.58. The van der Waals surface area contributed by atoms with Gasteiger partial charge in [0.1, 0.15) is 30.7 Å². The van der Waals surface area contributed by atoms with Crippen LogP contribution < -0.4 is 11.4 Å². The van der Waals surface area contributed by atoms with E-state index in [4.69, 9.17) is 29.0 Å². The number of nitrogens with two attached hydrogens (primary N) is 1. The Morgan fingerprint density at radius 2 is 1.33 bits per heavy atom. The number of carbonyl (C=O) groups excluding carboxylic acids is 2. The number of rotatable bonds is 39. The summed E-state index contributed by atoms with van der Waals surface area (Å²) in [4.78, 5) is 61.8. The SMILES string of the molecule is CC/C=C/CC(O)/C=C/C=C/CCCCCCCC(=O)OC[C@H](COP(=O)(O)OP(=O)(O)OC[C@H]1O[C@@H](n2ccc(N)nc2=O)[C@H](O)[C@@H]1O)OC(=O)CCCCCCC/C=C\C=C/CCCCCC. The summed E-state index contributed by atoms with van der Waals surface area (Å²) in [5, 5.41) is 30.8. The van der Waals surface area contributed by atoms with Gasteiger partial charge in [-0.2, -0.15) is 9.29 Å². The van der Waals surface area contributed by atoms with Gasteiger partial charge in [0.2, 0.25) is 0 Å². The van der Waals surface area contributed by atoms with Crippen molar-refractivity contribution >= 4 is 33.4 Å². The second-order valence-electron chi connectivity index (χ2n) is 16.8. The first kappa shape index (κ1) is 61.5. The van der Waals surface area contributed by atoms with Crippen molar-refractivity contribution in [3.8, 4) is 0 Å². The molecule has 3 unspecified atom stereocenters. The van der Waals surface area contributed by atoms with Crippen molar-refractivity contribution in [1.29, 1.82) is 0 Å². The molecule has 0 radical (unpaired) electrons. The summed E-state index contributed by atoms with van der Waals surface area (Å²) >= 11 is 0. The number of aromatic nitrogens is 2. The molecule has 1 aromatic rings. The number of phosphoric ester groups is 2. The van der Waals surface area contributed by atoms with Gasteiger partial charge in [0, 0.05) is 19.0 Å². The van der Waals surface area contributed by atoms with Crippen molar-refractivity contribution < 1.29 is 71.4 Å². The van der Waals surface area contributed by atoms with E-state index in [1.807, 2.05) is 37.3 Å². The average molecular weight is 1020 g/mol. The molecule has 392 valence electrons. The van der Waals surface area contributed by atoms with Crippen LogP contribution in [0.2, 0.25) is 0 Å². The molecule has 0 spiro atoms. The Bertz CT molecular complexity index is 1910. The monoisotopic (exact) mass is 1020 g/mol. The zero-order valence-corrected chi connectivity index (χ0v) is 42.2. The zero-order chi connectivity index (χ0) is 50.8. The van der Waals surface area contributed by atoms with Gasteiger partial charge in [-0.05, 0) is 70.3 Å². The lowest BCUT2D eigenvalue weighted by Gasteiger charge is -2.21. The third kappa shape index (κ3) is 29.4. The lowest BCUT2D eigenvalue weighted by molar-refractivity contribution is -0.161. The highest BCUT2D eigenvalue weighted by Crippen LogP contribution is 2.60. The number of allylic oxidation sites excluding steroid dienone is 8. The molecule has 1 aromatic heterocycles. The number of esters is 2. The fraction of sp³-hybridized carbons (Fsp3) is 0.667. The molecule has 2 heterocycles. The van der Waals surface area contributed by atoms with Gasteiger partial charge >= 0.3 is 33.3 Å². The number of nitrogen functional groups attached to an aromatic ring is 1. The Morgan fingerprint density at radius 3 is 1.94 bits per heavy atom. The number of aliphatic hydroxyl groups excluding tert-OH is 3. The van der Waals surface area contributed by atoms with E-state index in [1.165, 1.54) is 31.7 Å². The second-order valence-corrected chi connectivity index (χ2v) is 19.9. The maximum atomic E-state index is 12.8. The molecule has 8 atom stereocenters. The first-order valence-electron chi connectivity index (χ1n) is 24.4. The normalized spacial score (nSPS) is 20.3. The van der Waals surface area contributed by atoms with Gasteiger partial charge < -0.3 is 45.1 Å². The zero-order valence-electron chi connectivity index (χ0n) is 40.5. The van der Waals surface area contributed by atoms with Gasteiger partial charge in [0.25, 0.3) is 0 Å². The second kappa shape index (κ2) is 36.4. The van der Waals surface area contributed by atoms with Crippen LogP contribution in [-0.4, -0.2) is 96.9 Å². The molecule has 0 bridgehead atoms. The standard InChI is InChI=1S/C48H79N3O16P2/c1-3-5-7-8-9-10-11-12-13-14-15-18-22-25-29-33-44(54)65-40(36-62-43(53)32-28-24-21-19-16-17-20-23-27-31-39(52)30-26-6-4-2)37-63-68(58,59)67-69(60,61)64-38-41-45(55)46(56)47(66-41)51-35-34-42(49)50-48(51)57/h6,10-13,20,23,26-27,31,34-35,39-41,45-47,52,55-56H,3-5,7-9,14-19,21-22,24-25,28-30,32-33,36-38H2,1-2H3,(H,58,59)(H,60,61)(H2,49,50,57)/b11-10-,13-12-,23-20+,26-6+,31-27+/t39?,40-,41-,45-,46-,47-/m1/s1. The molecule has 0 aliphatic carbocycles. The van der Waals surface area contributed by atoms with Gasteiger partial charge in [-0.1, -0.05) is 132 Å². The lowest BCUT2D eigenvalue weighted by Crippen LogP contribution is -2.36. The largest absolute Gasteiger partial charge is 0.481 e. The fourth-order valence-corrected chi connectivity index (χ4v) is 8.98. The van der Waals surface area contributed by atoms with Crippen LogP contribution in [0.1, 0.15) is 155 Å². The fourth-order valence-electron chi connectivity index (χ4n) is 6.87. The van der Waals surface area contributed by atoms with Crippen LogP contribution in [0, 0.1) is 0 Å². The molecule has 1 fully saturated rings. The molecule has 2 rings (SSSR count). The summed E-state index contributed by atoms with van der Waals surface area (Å²) in [6.45, 7) is 1.86. The van der Waals surface area contributed by atoms with Gasteiger partial charge in [-0.25, -0.2) is 13.9 Å². The quantitative estimate of drug-likeness (QED) is 0.0118. The molecule has 1 aliphatic heterocycles. The number of unbranched alkanes of at least 4 members (excludes halogenated alkanes) is 14. The summed E-state index contributed by atoms with van der Waals surface area (Å²) in [6, 6.07) is 1.24. The molecule has 7 N–H and O–H groups in total. The van der Waals surface area contributed by atoms with Crippen molar-refractivity contribution in [2.75, 3.05) is 25.6 Å². The highest BCUT2D eigenvalue weighted by Gasteiger charge is 2.46. The smallest absolute Gasteiger partial charge is 0.462 e. The first-order chi connectivity index (χ1) is 33.1. The highest BCUT2D eigenvalue weighted by atomic mass is 31.3. The Kier molecular flexibility index (Phi) is 32.4. The molecule has 0 amide bonds. The van der Waals surface area contributed by atoms with Crippen LogP contribution in [0.5, 0.6) is 0 Å². The predicted molar refractivity (Wildman–Crippen MR) is 262 cm³/mol. The number of hydrogen-bond acceptors (Lipinski definition) is 16. The number of hydrogen-bond donors (Lipinski definition) is 6. The van der Waals surface area contributed by atoms with E-state index in [9.17, 15) is 48.6 Å². The maximum Gasteiger partial charge on any atom is 0.481 e. The van der Waals surface area contributed by atoms with Gasteiger partial charge in [-0.15, -0.1) is 0 Å². The predicted octanol–water partition coefficient (Wildman–Crippen LogP) is 8.52. The van der Waals surface area contributed by atoms with E-state index in [0.29, 0.717) is 19.3 Å². The van der Waals surface area contributed by atoms with Crippen molar-refractivity contribution in [1.82, 2.24) is 9.55 Å². The van der Waals surface area contributed by atoms with E-state index in [1.54, 1.807) is 6.08 Å². The van der Waals surface area contributed by atoms with Gasteiger partial charge in [-0.3, -0.25) is 23.2 Å². The Labute approximate surface area is 407 Å². The van der Waals surface area contributed by atoms with Gasteiger partial charge in [0.05, 0.1) is 19.3 Å². The number of aliphatic hydroxyl groups is 3. The number of nitrogens with zero attached hydrogens (tertiary/aromatic N) is 2. The van der Waals surface area contributed by atoms with Crippen LogP contribution in [0.4, 0.5) is 5.82 Å². The summed E-state index contributed by atoms with van der Waals surface area (Å²) in [7, 11) is -10.9. The summed E-state index contributed by atoms with van der Waals surface area (Å²) in [6.07, 6.45) is 30.6. The molecule has 0 saturated carbocycles. The molecule has 1 saturated heterocycles. The van der Waals surface area contributed by atoms with Crippen LogP contribution in [0.3, 0.4) is 0 Å². The topological polar surface area (TPSA) is 286 Å². The molecule has 1 aliphatic rings. The number of anilines is 1. The number of ether oxygens (including phenoxy) is 3. The first-order valence-corrected chi connectivity index (χ1v) is 27.4. The Morgan fingerprint density at radius 1 is 0.768 bits per heavy atom. The third-order valence-corrected chi connectivity index (χ3v) is 13.3. The van der Waals surface area contributed by atoms with E-state index >= 15 is 0 Å². The number of carbonyl (C=O) groups is 2. The van der Waals surface area contributed by atoms with Crippen molar-refractivity contribution in [2.24, 2.45) is 0 Å². The minimum absolute atomic E-state index is 0.0149. The summed E-state index contributed by atoms with van der Waals surface area (Å²) < 4.78 is 56.6. The third-order valence-electron chi connectivity index (χ3n) is 10.7. The highest BCUT2D eigenvalue weighted by molar-refractivity contribution is 7.61. The Hall–Kier alpha value is -3.58. The molecule has 0 aromatic carbocycles. The number of phosphoric acid groups is 2. The van der Waals surface area contributed by atoms with E-state index in [2.05, 4.69) is 40.5 Å². The molecule has 21 heteroatoms. The Balaban J connectivity index is 1.84. The van der Waals surface area contributed by atoms with Crippen molar-refractivity contribution in [3.63, 3.8) is 0 Å². The molecule has 19 nitrogen and oxygen atoms in total. The van der Waals surface area contributed by atoms with E-state index in [-0.39, 0.29) is 18.7 Å². The lowest BCUT2D eigenvalue weighted by atomic mass is 10.1. The van der Waals surface area contributed by atoms with E-state index < -0.39 is 89.8 Å². The summed E-state index contributed by atoms with van der Waals surface area (Å²) in [5.41, 5.74) is 4.57. The van der Waals surface area contributed by atoms with Crippen LogP contribution in [0.25, 0.3) is 0 Å². The van der Waals surface area contributed by atoms with Crippen molar-refractivity contribution in [3.05, 3.63) is 83.5 Å². The maximum absolute atomic E-state index is 12.8. The van der Waals surface area contributed by atoms with Crippen LogP contribution >= 0.6 is 15.6 Å². The molecular weight excluding hydrogens is 936 g/mol. The molecular formula is C48H79N3O16P2. The summed E-state index contributed by atoms with van der Waals surface area (Å²) in [5.74, 6) is -1.38. The minimum atomic E-state index is -5.44. The van der Waals surface area contributed by atoms with Crippen LogP contribution in [-0.2, 0) is 46.3 Å². The molecule has 69 heavy (non-hydrogen) atoms. The van der Waals surface area contributed by atoms with E-state index in [0.717, 1.165) is 87.8 Å². The minimum Gasteiger partial charge on any atom is -0.462 e. The van der Waals surface area contributed by atoms with Crippen molar-refractivity contribution in [2.45, 2.75) is 185 Å². The van der Waals surface area contributed by atoms with Crippen LogP contribution in [0.15, 0.2) is 77.8 Å².